The lowest BCUT2D eigenvalue weighted by Gasteiger charge is -2.19. The van der Waals surface area contributed by atoms with Crippen LogP contribution in [0.2, 0.25) is 0 Å². The summed E-state index contributed by atoms with van der Waals surface area (Å²) in [6.07, 6.45) is 2.91. The molecule has 1 amide bonds. The minimum atomic E-state index is -0.650. The highest BCUT2D eigenvalue weighted by molar-refractivity contribution is 5.91. The Balaban J connectivity index is 1.85. The van der Waals surface area contributed by atoms with Crippen molar-refractivity contribution < 1.29 is 15.0 Å². The molecule has 0 aliphatic rings. The smallest absolute Gasteiger partial charge is 0.244 e. The maximum atomic E-state index is 11.9. The Bertz CT molecular complexity index is 650. The molecule has 2 aromatic rings. The fourth-order valence-corrected chi connectivity index (χ4v) is 2.16. The molecule has 0 aliphatic carbocycles. The number of hydrogen-bond donors (Lipinski definition) is 3. The number of carbonyl (C=O) groups excluding carboxylic acids is 1. The van der Waals surface area contributed by atoms with Gasteiger partial charge in [0.1, 0.15) is 5.75 Å². The molecule has 0 radical (unpaired) electrons. The molecule has 2 aromatic carbocycles. The van der Waals surface area contributed by atoms with E-state index in [4.69, 9.17) is 0 Å². The molecule has 120 valence electrons. The average molecular weight is 311 g/mol. The lowest BCUT2D eigenvalue weighted by molar-refractivity contribution is -0.117. The van der Waals surface area contributed by atoms with Crippen LogP contribution in [0.3, 0.4) is 0 Å². The van der Waals surface area contributed by atoms with E-state index in [0.29, 0.717) is 6.42 Å². The molecule has 0 aromatic heterocycles. The first-order chi connectivity index (χ1) is 11.0. The first kappa shape index (κ1) is 16.8. The molecule has 0 saturated heterocycles. The van der Waals surface area contributed by atoms with Crippen molar-refractivity contribution in [3.05, 3.63) is 71.8 Å². The molecule has 0 heterocycles. The highest BCUT2D eigenvalue weighted by Crippen LogP contribution is 2.11. The van der Waals surface area contributed by atoms with Gasteiger partial charge in [0.15, 0.2) is 0 Å². The molecule has 0 saturated carbocycles. The molecule has 2 rings (SSSR count). The average Bonchev–Trinajstić information content (AvgIpc) is 2.55. The summed E-state index contributed by atoms with van der Waals surface area (Å²) in [6, 6.07) is 15.9. The monoisotopic (exact) mass is 311 g/mol. The SMILES string of the molecule is CC(NC(=O)C=Cc1ccc(O)cc1)C(O)Cc1ccccc1. The molecule has 0 fully saturated rings. The van der Waals surface area contributed by atoms with Gasteiger partial charge in [0.2, 0.25) is 5.91 Å². The van der Waals surface area contributed by atoms with Gasteiger partial charge >= 0.3 is 0 Å². The van der Waals surface area contributed by atoms with Crippen molar-refractivity contribution in [2.24, 2.45) is 0 Å². The van der Waals surface area contributed by atoms with Crippen molar-refractivity contribution in [2.75, 3.05) is 0 Å². The van der Waals surface area contributed by atoms with E-state index < -0.39 is 6.10 Å². The van der Waals surface area contributed by atoms with Crippen LogP contribution in [-0.2, 0) is 11.2 Å². The van der Waals surface area contributed by atoms with E-state index in [1.165, 1.54) is 6.08 Å². The second kappa shape index (κ2) is 8.15. The summed E-state index contributed by atoms with van der Waals surface area (Å²) < 4.78 is 0. The van der Waals surface area contributed by atoms with Crippen molar-refractivity contribution in [3.63, 3.8) is 0 Å². The summed E-state index contributed by atoms with van der Waals surface area (Å²) in [5.74, 6) is -0.0815. The van der Waals surface area contributed by atoms with Crippen LogP contribution < -0.4 is 5.32 Å². The van der Waals surface area contributed by atoms with Gasteiger partial charge in [-0.15, -0.1) is 0 Å². The number of phenols is 1. The van der Waals surface area contributed by atoms with E-state index in [1.807, 2.05) is 30.3 Å². The van der Waals surface area contributed by atoms with Gasteiger partial charge in [-0.1, -0.05) is 42.5 Å². The largest absolute Gasteiger partial charge is 0.508 e. The zero-order valence-electron chi connectivity index (χ0n) is 13.0. The van der Waals surface area contributed by atoms with Gasteiger partial charge in [0.05, 0.1) is 12.1 Å². The number of carbonyl (C=O) groups is 1. The molecule has 0 aliphatic heterocycles. The van der Waals surface area contributed by atoms with E-state index in [9.17, 15) is 15.0 Å². The number of aliphatic hydroxyl groups is 1. The standard InChI is InChI=1S/C19H21NO3/c1-14(18(22)13-16-5-3-2-4-6-16)20-19(23)12-9-15-7-10-17(21)11-8-15/h2-12,14,18,21-22H,13H2,1H3,(H,20,23). The molecule has 3 N–H and O–H groups in total. The molecular formula is C19H21NO3. The van der Waals surface area contributed by atoms with Gasteiger partial charge in [-0.05, 0) is 36.3 Å². The van der Waals surface area contributed by atoms with Crippen LogP contribution in [0.25, 0.3) is 6.08 Å². The number of rotatable bonds is 6. The predicted octanol–water partition coefficient (Wildman–Crippen LogP) is 2.51. The number of aromatic hydroxyl groups is 1. The zero-order valence-corrected chi connectivity index (χ0v) is 13.0. The Kier molecular flexibility index (Phi) is 5.94. The summed E-state index contributed by atoms with van der Waals surface area (Å²) in [5, 5.41) is 22.1. The van der Waals surface area contributed by atoms with Crippen molar-refractivity contribution in [1.82, 2.24) is 5.32 Å². The van der Waals surface area contributed by atoms with Gasteiger partial charge < -0.3 is 15.5 Å². The van der Waals surface area contributed by atoms with Crippen molar-refractivity contribution in [1.29, 1.82) is 0 Å². The molecule has 4 nitrogen and oxygen atoms in total. The molecule has 0 spiro atoms. The molecule has 4 heteroatoms. The molecular weight excluding hydrogens is 290 g/mol. The van der Waals surface area contributed by atoms with Gasteiger partial charge in [-0.3, -0.25) is 4.79 Å². The molecule has 2 atom stereocenters. The highest BCUT2D eigenvalue weighted by Gasteiger charge is 2.15. The third kappa shape index (κ3) is 5.60. The fraction of sp³-hybridized carbons (Fsp3) is 0.211. The van der Waals surface area contributed by atoms with Crippen LogP contribution >= 0.6 is 0 Å². The van der Waals surface area contributed by atoms with Crippen LogP contribution in [0.4, 0.5) is 0 Å². The van der Waals surface area contributed by atoms with E-state index >= 15 is 0 Å². The summed E-state index contributed by atoms with van der Waals surface area (Å²) in [5.41, 5.74) is 1.84. The topological polar surface area (TPSA) is 69.6 Å². The number of hydrogen-bond acceptors (Lipinski definition) is 3. The maximum absolute atomic E-state index is 11.9. The Hall–Kier alpha value is -2.59. The Morgan fingerprint density at radius 3 is 2.43 bits per heavy atom. The Morgan fingerprint density at radius 2 is 1.78 bits per heavy atom. The fourth-order valence-electron chi connectivity index (χ4n) is 2.16. The summed E-state index contributed by atoms with van der Waals surface area (Å²) in [6.45, 7) is 1.78. The lowest BCUT2D eigenvalue weighted by atomic mass is 10.0. The lowest BCUT2D eigenvalue weighted by Crippen LogP contribution is -2.41. The molecule has 0 bridgehead atoms. The van der Waals surface area contributed by atoms with Gasteiger partial charge in [-0.2, -0.15) is 0 Å². The number of aliphatic hydroxyl groups excluding tert-OH is 1. The minimum absolute atomic E-state index is 0.184. The number of nitrogens with one attached hydrogen (secondary N) is 1. The number of amides is 1. The third-order valence-electron chi connectivity index (χ3n) is 3.56. The first-order valence-corrected chi connectivity index (χ1v) is 7.54. The number of benzene rings is 2. The van der Waals surface area contributed by atoms with Crippen LogP contribution in [0, 0.1) is 0 Å². The van der Waals surface area contributed by atoms with Gasteiger partial charge in [0, 0.05) is 12.5 Å². The van der Waals surface area contributed by atoms with Gasteiger partial charge in [-0.25, -0.2) is 0 Å². The van der Waals surface area contributed by atoms with Crippen molar-refractivity contribution in [2.45, 2.75) is 25.5 Å². The van der Waals surface area contributed by atoms with Crippen molar-refractivity contribution >= 4 is 12.0 Å². The second-order valence-electron chi connectivity index (χ2n) is 5.48. The molecule has 2 unspecified atom stereocenters. The third-order valence-corrected chi connectivity index (χ3v) is 3.56. The van der Waals surface area contributed by atoms with E-state index in [2.05, 4.69) is 5.32 Å². The minimum Gasteiger partial charge on any atom is -0.508 e. The predicted molar refractivity (Wildman–Crippen MR) is 90.9 cm³/mol. The zero-order chi connectivity index (χ0) is 16.7. The first-order valence-electron chi connectivity index (χ1n) is 7.54. The van der Waals surface area contributed by atoms with Crippen LogP contribution in [0.5, 0.6) is 5.75 Å². The van der Waals surface area contributed by atoms with Crippen LogP contribution in [0.15, 0.2) is 60.7 Å². The van der Waals surface area contributed by atoms with Crippen molar-refractivity contribution in [3.8, 4) is 5.75 Å². The Labute approximate surface area is 136 Å². The van der Waals surface area contributed by atoms with Gasteiger partial charge in [0.25, 0.3) is 0 Å². The molecule has 23 heavy (non-hydrogen) atoms. The normalized spacial score (nSPS) is 13.7. The Morgan fingerprint density at radius 1 is 1.13 bits per heavy atom. The summed E-state index contributed by atoms with van der Waals surface area (Å²) >= 11 is 0. The van der Waals surface area contributed by atoms with Crippen LogP contribution in [-0.4, -0.2) is 28.3 Å². The van der Waals surface area contributed by atoms with Crippen LogP contribution in [0.1, 0.15) is 18.1 Å². The number of phenolic OH excluding ortho intramolecular Hbond substituents is 1. The summed E-state index contributed by atoms with van der Waals surface area (Å²) in [4.78, 5) is 11.9. The maximum Gasteiger partial charge on any atom is 0.244 e. The van der Waals surface area contributed by atoms with E-state index in [-0.39, 0.29) is 17.7 Å². The summed E-state index contributed by atoms with van der Waals surface area (Å²) in [7, 11) is 0. The highest BCUT2D eigenvalue weighted by atomic mass is 16.3. The second-order valence-corrected chi connectivity index (χ2v) is 5.48. The van der Waals surface area contributed by atoms with E-state index in [1.54, 1.807) is 37.3 Å². The quantitative estimate of drug-likeness (QED) is 0.718. The van der Waals surface area contributed by atoms with E-state index in [0.717, 1.165) is 11.1 Å².